The highest BCUT2D eigenvalue weighted by Crippen LogP contribution is 2.37. The molecule has 98 valence electrons. The van der Waals surface area contributed by atoms with Gasteiger partial charge in [-0.1, -0.05) is 35.7 Å². The molecule has 0 aromatic carbocycles. The number of rotatable bonds is 3. The lowest BCUT2D eigenvalue weighted by molar-refractivity contribution is -0.130. The molecule has 0 spiro atoms. The molecule has 2 aliphatic carbocycles. The largest absolute Gasteiger partial charge is 0.355 e. The summed E-state index contributed by atoms with van der Waals surface area (Å²) in [5.74, 6) is 1.01. The Morgan fingerprint density at radius 1 is 1.24 bits per heavy atom. The molecule has 0 aromatic heterocycles. The van der Waals surface area contributed by atoms with E-state index < -0.39 is 0 Å². The minimum absolute atomic E-state index is 0.0629. The third-order valence-electron chi connectivity index (χ3n) is 4.58. The molecule has 0 atom stereocenters. The molecule has 2 saturated carbocycles. The number of carbonyl (C=O) groups is 1. The summed E-state index contributed by atoms with van der Waals surface area (Å²) in [4.78, 5) is 12.9. The molecule has 0 heterocycles. The molecule has 0 radical (unpaired) electrons. The standard InChI is InChI=1S/C14H24BrNO/c1-14(8-2-3-9-14)13(17)16-10-11-4-6-12(15)7-5-11/h11-12H,2-10H2,1H3,(H,16,17). The fraction of sp³-hybridized carbons (Fsp3) is 0.929. The third-order valence-corrected chi connectivity index (χ3v) is 5.50. The maximum atomic E-state index is 12.2. The summed E-state index contributed by atoms with van der Waals surface area (Å²) in [6, 6.07) is 0. The first kappa shape index (κ1) is 13.4. The topological polar surface area (TPSA) is 29.1 Å². The zero-order valence-electron chi connectivity index (χ0n) is 10.8. The number of hydrogen-bond acceptors (Lipinski definition) is 1. The molecule has 0 saturated heterocycles. The van der Waals surface area contributed by atoms with Gasteiger partial charge in [0.2, 0.25) is 5.91 Å². The minimum atomic E-state index is -0.0629. The van der Waals surface area contributed by atoms with E-state index in [-0.39, 0.29) is 5.41 Å². The summed E-state index contributed by atoms with van der Waals surface area (Å²) < 4.78 is 0. The zero-order chi connectivity index (χ0) is 12.3. The molecule has 1 N–H and O–H groups in total. The van der Waals surface area contributed by atoms with Crippen molar-refractivity contribution in [3.8, 4) is 0 Å². The molecule has 17 heavy (non-hydrogen) atoms. The summed E-state index contributed by atoms with van der Waals surface area (Å²) in [6.07, 6.45) is 9.63. The van der Waals surface area contributed by atoms with Crippen LogP contribution in [-0.4, -0.2) is 17.3 Å². The van der Waals surface area contributed by atoms with Crippen molar-refractivity contribution in [2.24, 2.45) is 11.3 Å². The van der Waals surface area contributed by atoms with Crippen LogP contribution in [0.15, 0.2) is 0 Å². The van der Waals surface area contributed by atoms with Gasteiger partial charge in [-0.25, -0.2) is 0 Å². The Balaban J connectivity index is 1.72. The predicted octanol–water partition coefficient (Wildman–Crippen LogP) is 3.64. The Labute approximate surface area is 113 Å². The van der Waals surface area contributed by atoms with Crippen LogP contribution in [0, 0.1) is 11.3 Å². The Hall–Kier alpha value is -0.0500. The molecular formula is C14H24BrNO. The van der Waals surface area contributed by atoms with Crippen LogP contribution < -0.4 is 5.32 Å². The molecule has 2 rings (SSSR count). The maximum Gasteiger partial charge on any atom is 0.225 e. The molecule has 2 nitrogen and oxygen atoms in total. The van der Waals surface area contributed by atoms with Gasteiger partial charge in [0.1, 0.15) is 0 Å². The second kappa shape index (κ2) is 5.73. The smallest absolute Gasteiger partial charge is 0.225 e. The fourth-order valence-corrected chi connectivity index (χ4v) is 3.69. The Bertz CT molecular complexity index is 265. The van der Waals surface area contributed by atoms with E-state index in [4.69, 9.17) is 0 Å². The Morgan fingerprint density at radius 2 is 1.82 bits per heavy atom. The number of hydrogen-bond donors (Lipinski definition) is 1. The fourth-order valence-electron chi connectivity index (χ4n) is 3.16. The van der Waals surface area contributed by atoms with Gasteiger partial charge in [0.25, 0.3) is 0 Å². The van der Waals surface area contributed by atoms with Gasteiger partial charge >= 0.3 is 0 Å². The van der Waals surface area contributed by atoms with Gasteiger partial charge in [-0.05, 0) is 44.4 Å². The van der Waals surface area contributed by atoms with E-state index in [0.717, 1.165) is 19.4 Å². The summed E-state index contributed by atoms with van der Waals surface area (Å²) in [7, 11) is 0. The van der Waals surface area contributed by atoms with Crippen molar-refractivity contribution in [2.75, 3.05) is 6.54 Å². The van der Waals surface area contributed by atoms with Gasteiger partial charge in [0, 0.05) is 16.8 Å². The maximum absolute atomic E-state index is 12.2. The van der Waals surface area contributed by atoms with Gasteiger partial charge in [-0.3, -0.25) is 4.79 Å². The Kier molecular flexibility index (Phi) is 4.51. The second-order valence-corrected chi connectivity index (χ2v) is 7.39. The molecule has 3 heteroatoms. The van der Waals surface area contributed by atoms with E-state index in [1.165, 1.54) is 38.5 Å². The highest BCUT2D eigenvalue weighted by molar-refractivity contribution is 9.09. The van der Waals surface area contributed by atoms with Crippen LogP contribution in [0.1, 0.15) is 58.3 Å². The Morgan fingerprint density at radius 3 is 2.41 bits per heavy atom. The first-order valence-corrected chi connectivity index (χ1v) is 7.94. The average Bonchev–Trinajstić information content (AvgIpc) is 2.76. The average molecular weight is 302 g/mol. The van der Waals surface area contributed by atoms with Crippen LogP contribution in [0.25, 0.3) is 0 Å². The molecule has 0 unspecified atom stereocenters. The third kappa shape index (κ3) is 3.46. The van der Waals surface area contributed by atoms with Crippen molar-refractivity contribution in [3.63, 3.8) is 0 Å². The van der Waals surface area contributed by atoms with Crippen molar-refractivity contribution < 1.29 is 4.79 Å². The normalized spacial score (nSPS) is 32.4. The molecule has 0 aliphatic heterocycles. The molecular weight excluding hydrogens is 278 g/mol. The lowest BCUT2D eigenvalue weighted by Gasteiger charge is -2.28. The van der Waals surface area contributed by atoms with Crippen molar-refractivity contribution in [2.45, 2.75) is 63.1 Å². The van der Waals surface area contributed by atoms with Crippen molar-refractivity contribution >= 4 is 21.8 Å². The number of halogens is 1. The summed E-state index contributed by atoms with van der Waals surface area (Å²) in [5.41, 5.74) is -0.0629. The van der Waals surface area contributed by atoms with Crippen LogP contribution in [-0.2, 0) is 4.79 Å². The first-order chi connectivity index (χ1) is 8.10. The van der Waals surface area contributed by atoms with Crippen molar-refractivity contribution in [3.05, 3.63) is 0 Å². The van der Waals surface area contributed by atoms with E-state index >= 15 is 0 Å². The van der Waals surface area contributed by atoms with Crippen molar-refractivity contribution in [1.82, 2.24) is 5.32 Å². The number of amides is 1. The molecule has 0 aromatic rings. The summed E-state index contributed by atoms with van der Waals surface area (Å²) >= 11 is 3.67. The zero-order valence-corrected chi connectivity index (χ0v) is 12.4. The highest BCUT2D eigenvalue weighted by Gasteiger charge is 2.36. The predicted molar refractivity (Wildman–Crippen MR) is 74.3 cm³/mol. The number of nitrogens with one attached hydrogen (secondary N) is 1. The summed E-state index contributed by atoms with van der Waals surface area (Å²) in [6.45, 7) is 3.03. The van der Waals surface area contributed by atoms with Gasteiger partial charge in [0.05, 0.1) is 0 Å². The van der Waals surface area contributed by atoms with Gasteiger partial charge in [0.15, 0.2) is 0 Å². The van der Waals surface area contributed by atoms with E-state index in [0.29, 0.717) is 16.7 Å². The van der Waals surface area contributed by atoms with Gasteiger partial charge in [-0.2, -0.15) is 0 Å². The molecule has 2 fully saturated rings. The highest BCUT2D eigenvalue weighted by atomic mass is 79.9. The lowest BCUT2D eigenvalue weighted by Crippen LogP contribution is -2.40. The van der Waals surface area contributed by atoms with Crippen LogP contribution in [0.3, 0.4) is 0 Å². The van der Waals surface area contributed by atoms with Crippen LogP contribution in [0.2, 0.25) is 0 Å². The summed E-state index contributed by atoms with van der Waals surface area (Å²) in [5, 5.41) is 3.20. The molecule has 2 aliphatic rings. The van der Waals surface area contributed by atoms with E-state index in [9.17, 15) is 4.79 Å². The van der Waals surface area contributed by atoms with Gasteiger partial charge in [-0.15, -0.1) is 0 Å². The van der Waals surface area contributed by atoms with Crippen LogP contribution in [0.4, 0.5) is 0 Å². The molecule has 1 amide bonds. The number of carbonyl (C=O) groups excluding carboxylic acids is 1. The van der Waals surface area contributed by atoms with E-state index in [2.05, 4.69) is 28.2 Å². The van der Waals surface area contributed by atoms with E-state index in [1.807, 2.05) is 0 Å². The van der Waals surface area contributed by atoms with Crippen LogP contribution in [0.5, 0.6) is 0 Å². The quantitative estimate of drug-likeness (QED) is 0.792. The SMILES string of the molecule is CC1(C(=O)NCC2CCC(Br)CC2)CCCC1. The molecule has 0 bridgehead atoms. The monoisotopic (exact) mass is 301 g/mol. The number of alkyl halides is 1. The minimum Gasteiger partial charge on any atom is -0.355 e. The van der Waals surface area contributed by atoms with Gasteiger partial charge < -0.3 is 5.32 Å². The van der Waals surface area contributed by atoms with Crippen molar-refractivity contribution in [1.29, 1.82) is 0 Å². The lowest BCUT2D eigenvalue weighted by atomic mass is 9.86. The second-order valence-electron chi connectivity index (χ2n) is 6.10. The van der Waals surface area contributed by atoms with Crippen LogP contribution >= 0.6 is 15.9 Å². The van der Waals surface area contributed by atoms with E-state index in [1.54, 1.807) is 0 Å². The first-order valence-electron chi connectivity index (χ1n) is 7.02.